The van der Waals surface area contributed by atoms with Crippen LogP contribution < -0.4 is 9.64 Å². The molecule has 0 radical (unpaired) electrons. The molecule has 0 saturated heterocycles. The van der Waals surface area contributed by atoms with Gasteiger partial charge in [0, 0.05) is 24.2 Å². The van der Waals surface area contributed by atoms with Gasteiger partial charge in [0.25, 0.3) is 11.6 Å². The van der Waals surface area contributed by atoms with Crippen molar-refractivity contribution >= 4 is 50.7 Å². The molecule has 0 saturated carbocycles. The molecular formula is C20H23ClN4O4S. The second-order valence-electron chi connectivity index (χ2n) is 6.72. The van der Waals surface area contributed by atoms with Gasteiger partial charge in [-0.1, -0.05) is 17.4 Å². The van der Waals surface area contributed by atoms with Crippen LogP contribution in [0.4, 0.5) is 10.8 Å². The molecule has 1 heterocycles. The third-order valence-corrected chi connectivity index (χ3v) is 5.42. The van der Waals surface area contributed by atoms with Gasteiger partial charge in [0.1, 0.15) is 11.3 Å². The maximum Gasteiger partial charge on any atom is 0.269 e. The number of methoxy groups -OCH3 is 1. The van der Waals surface area contributed by atoms with E-state index in [1.165, 1.54) is 35.6 Å². The second-order valence-corrected chi connectivity index (χ2v) is 7.73. The SMILES string of the molecule is COc1cccc2sc(N(CCCN(C)C)C(=O)c3ccc([N+](=O)[O-])cc3)nc12.Cl. The number of non-ortho nitro benzene ring substituents is 1. The molecule has 1 aromatic heterocycles. The molecule has 2 aromatic carbocycles. The number of nitrogens with zero attached hydrogens (tertiary/aromatic N) is 4. The maximum atomic E-state index is 13.2. The lowest BCUT2D eigenvalue weighted by Crippen LogP contribution is -2.33. The zero-order chi connectivity index (χ0) is 21.0. The van der Waals surface area contributed by atoms with Gasteiger partial charge in [0.05, 0.1) is 16.7 Å². The Labute approximate surface area is 184 Å². The van der Waals surface area contributed by atoms with Crippen molar-refractivity contribution < 1.29 is 14.5 Å². The highest BCUT2D eigenvalue weighted by molar-refractivity contribution is 7.22. The van der Waals surface area contributed by atoms with E-state index in [-0.39, 0.29) is 24.0 Å². The van der Waals surface area contributed by atoms with Crippen molar-refractivity contribution in [2.24, 2.45) is 0 Å². The van der Waals surface area contributed by atoms with Crippen LogP contribution in [-0.4, -0.2) is 55.0 Å². The van der Waals surface area contributed by atoms with E-state index >= 15 is 0 Å². The van der Waals surface area contributed by atoms with Crippen LogP contribution >= 0.6 is 23.7 Å². The molecule has 8 nitrogen and oxygen atoms in total. The van der Waals surface area contributed by atoms with Crippen LogP contribution in [0.25, 0.3) is 10.2 Å². The summed E-state index contributed by atoms with van der Waals surface area (Å²) in [5, 5.41) is 11.5. The molecule has 3 rings (SSSR count). The molecular weight excluding hydrogens is 428 g/mol. The number of hydrogen-bond acceptors (Lipinski definition) is 7. The molecule has 0 aliphatic heterocycles. The zero-order valence-corrected chi connectivity index (χ0v) is 18.5. The fourth-order valence-corrected chi connectivity index (χ4v) is 3.91. The normalized spacial score (nSPS) is 10.7. The van der Waals surface area contributed by atoms with Crippen molar-refractivity contribution in [3.8, 4) is 5.75 Å². The molecule has 0 aliphatic carbocycles. The monoisotopic (exact) mass is 450 g/mol. The number of rotatable bonds is 8. The van der Waals surface area contributed by atoms with Gasteiger partial charge in [0.15, 0.2) is 5.13 Å². The highest BCUT2D eigenvalue weighted by atomic mass is 35.5. The van der Waals surface area contributed by atoms with Crippen LogP contribution in [0, 0.1) is 10.1 Å². The van der Waals surface area contributed by atoms with Gasteiger partial charge < -0.3 is 9.64 Å². The lowest BCUT2D eigenvalue weighted by molar-refractivity contribution is -0.384. The highest BCUT2D eigenvalue weighted by Crippen LogP contribution is 2.34. The molecule has 10 heteroatoms. The minimum atomic E-state index is -0.483. The summed E-state index contributed by atoms with van der Waals surface area (Å²) in [6.07, 6.45) is 0.763. The Balaban J connectivity index is 0.00000320. The predicted molar refractivity (Wildman–Crippen MR) is 121 cm³/mol. The fraction of sp³-hybridized carbons (Fsp3) is 0.300. The molecule has 30 heavy (non-hydrogen) atoms. The van der Waals surface area contributed by atoms with Crippen molar-refractivity contribution in [3.05, 3.63) is 58.1 Å². The number of aromatic nitrogens is 1. The Morgan fingerprint density at radius 1 is 1.17 bits per heavy atom. The van der Waals surface area contributed by atoms with Gasteiger partial charge in [-0.25, -0.2) is 4.98 Å². The number of para-hydroxylation sites is 1. The summed E-state index contributed by atoms with van der Waals surface area (Å²) in [6, 6.07) is 11.3. The Kier molecular flexibility index (Phi) is 8.10. The van der Waals surface area contributed by atoms with Gasteiger partial charge in [0.2, 0.25) is 0 Å². The van der Waals surface area contributed by atoms with Crippen LogP contribution in [0.1, 0.15) is 16.8 Å². The van der Waals surface area contributed by atoms with E-state index in [2.05, 4.69) is 9.88 Å². The minimum absolute atomic E-state index is 0. The summed E-state index contributed by atoms with van der Waals surface area (Å²) in [7, 11) is 5.54. The van der Waals surface area contributed by atoms with Gasteiger partial charge in [-0.3, -0.25) is 19.8 Å². The summed E-state index contributed by atoms with van der Waals surface area (Å²) in [4.78, 5) is 32.0. The smallest absolute Gasteiger partial charge is 0.269 e. The van der Waals surface area contributed by atoms with Crippen LogP contribution in [0.2, 0.25) is 0 Å². The van der Waals surface area contributed by atoms with Crippen molar-refractivity contribution in [2.45, 2.75) is 6.42 Å². The number of amides is 1. The maximum absolute atomic E-state index is 13.2. The number of carbonyl (C=O) groups is 1. The summed E-state index contributed by atoms with van der Waals surface area (Å²) >= 11 is 1.42. The molecule has 0 N–H and O–H groups in total. The van der Waals surface area contributed by atoms with E-state index < -0.39 is 4.92 Å². The third kappa shape index (κ3) is 5.24. The summed E-state index contributed by atoms with van der Waals surface area (Å²) in [6.45, 7) is 1.30. The minimum Gasteiger partial charge on any atom is -0.494 e. The van der Waals surface area contributed by atoms with Gasteiger partial charge in [-0.2, -0.15) is 0 Å². The second kappa shape index (κ2) is 10.3. The van der Waals surface area contributed by atoms with Crippen LogP contribution in [-0.2, 0) is 0 Å². The topological polar surface area (TPSA) is 88.8 Å². The Hall–Kier alpha value is -2.75. The largest absolute Gasteiger partial charge is 0.494 e. The molecule has 160 valence electrons. The average molecular weight is 451 g/mol. The molecule has 0 bridgehead atoms. The fourth-order valence-electron chi connectivity index (χ4n) is 2.90. The summed E-state index contributed by atoms with van der Waals surface area (Å²) in [5.74, 6) is 0.415. The van der Waals surface area contributed by atoms with E-state index in [4.69, 9.17) is 4.74 Å². The standard InChI is InChI=1S/C20H22N4O4S.ClH/c1-22(2)12-5-13-23(19(25)14-8-10-15(11-9-14)24(26)27)20-21-18-16(28-3)6-4-7-17(18)29-20;/h4,6-11H,5,12-13H2,1-3H3;1H. The summed E-state index contributed by atoms with van der Waals surface area (Å²) in [5.41, 5.74) is 1.04. The Bertz CT molecular complexity index is 1020. The molecule has 0 aliphatic rings. The number of hydrogen-bond donors (Lipinski definition) is 0. The molecule has 0 atom stereocenters. The van der Waals surface area contributed by atoms with Crippen LogP contribution in [0.5, 0.6) is 5.75 Å². The van der Waals surface area contributed by atoms with Gasteiger partial charge in [-0.15, -0.1) is 12.4 Å². The van der Waals surface area contributed by atoms with E-state index in [9.17, 15) is 14.9 Å². The number of halogens is 1. The third-order valence-electron chi connectivity index (χ3n) is 4.38. The lowest BCUT2D eigenvalue weighted by Gasteiger charge is -2.21. The number of carbonyl (C=O) groups excluding carboxylic acids is 1. The molecule has 1 amide bonds. The van der Waals surface area contributed by atoms with E-state index in [0.717, 1.165) is 17.7 Å². The average Bonchev–Trinajstić information content (AvgIpc) is 3.14. The first-order valence-electron chi connectivity index (χ1n) is 9.05. The Morgan fingerprint density at radius 2 is 1.87 bits per heavy atom. The van der Waals surface area contributed by atoms with Crippen molar-refractivity contribution in [2.75, 3.05) is 39.2 Å². The number of nitro benzene ring substituents is 1. The van der Waals surface area contributed by atoms with Gasteiger partial charge >= 0.3 is 0 Å². The number of benzene rings is 2. The van der Waals surface area contributed by atoms with Gasteiger partial charge in [-0.05, 0) is 51.3 Å². The van der Waals surface area contributed by atoms with E-state index in [0.29, 0.717) is 28.5 Å². The number of thiazole rings is 1. The quantitative estimate of drug-likeness (QED) is 0.377. The summed E-state index contributed by atoms with van der Waals surface area (Å²) < 4.78 is 6.31. The molecule has 0 unspecified atom stereocenters. The first-order valence-corrected chi connectivity index (χ1v) is 9.87. The number of nitro groups is 1. The molecule has 3 aromatic rings. The first-order chi connectivity index (χ1) is 13.9. The van der Waals surface area contributed by atoms with E-state index in [1.807, 2.05) is 32.3 Å². The molecule has 0 spiro atoms. The lowest BCUT2D eigenvalue weighted by atomic mass is 10.2. The number of ether oxygens (including phenoxy) is 1. The van der Waals surface area contributed by atoms with Crippen LogP contribution in [0.15, 0.2) is 42.5 Å². The van der Waals surface area contributed by atoms with Crippen molar-refractivity contribution in [1.29, 1.82) is 0 Å². The predicted octanol–water partition coefficient (Wildman–Crippen LogP) is 4.23. The van der Waals surface area contributed by atoms with Crippen molar-refractivity contribution in [3.63, 3.8) is 0 Å². The van der Waals surface area contributed by atoms with E-state index in [1.54, 1.807) is 12.0 Å². The van der Waals surface area contributed by atoms with Crippen molar-refractivity contribution in [1.82, 2.24) is 9.88 Å². The zero-order valence-electron chi connectivity index (χ0n) is 16.9. The Morgan fingerprint density at radius 3 is 2.47 bits per heavy atom. The molecule has 0 fully saturated rings. The van der Waals surface area contributed by atoms with Crippen LogP contribution in [0.3, 0.4) is 0 Å². The highest BCUT2D eigenvalue weighted by Gasteiger charge is 2.22. The first kappa shape index (κ1) is 23.5. The number of fused-ring (bicyclic) bond motifs is 1. The number of anilines is 1.